The minimum Gasteiger partial charge on any atom is -0.404 e. The van der Waals surface area contributed by atoms with E-state index in [0.717, 1.165) is 16.9 Å². The molecular formula is C8H7N5O. The maximum atomic E-state index is 5.49. The molecule has 0 saturated carbocycles. The van der Waals surface area contributed by atoms with Gasteiger partial charge in [-0.1, -0.05) is 0 Å². The molecule has 1 aliphatic rings. The van der Waals surface area contributed by atoms with Crippen LogP contribution >= 0.6 is 0 Å². The third-order valence-electron chi connectivity index (χ3n) is 2.11. The van der Waals surface area contributed by atoms with Crippen molar-refractivity contribution in [2.75, 3.05) is 0 Å². The molecule has 0 fully saturated rings. The molecule has 0 unspecified atom stereocenters. The minimum atomic E-state index is 0.115. The van der Waals surface area contributed by atoms with Crippen LogP contribution in [0.15, 0.2) is 17.4 Å². The molecule has 0 amide bonds. The SMILES string of the molecule is Cc1cc2c3c(ncnn13)OC(N)=N2. The fourth-order valence-electron chi connectivity index (χ4n) is 1.55. The molecule has 6 nitrogen and oxygen atoms in total. The third-order valence-corrected chi connectivity index (χ3v) is 2.11. The number of rotatable bonds is 0. The molecule has 2 aromatic heterocycles. The van der Waals surface area contributed by atoms with Crippen LogP contribution in [0.3, 0.4) is 0 Å². The quantitative estimate of drug-likeness (QED) is 0.649. The number of nitrogens with two attached hydrogens (primary N) is 1. The first-order valence-corrected chi connectivity index (χ1v) is 4.11. The Hall–Kier alpha value is -2.11. The van der Waals surface area contributed by atoms with E-state index in [1.165, 1.54) is 6.33 Å². The molecule has 1 aliphatic heterocycles. The van der Waals surface area contributed by atoms with Crippen molar-refractivity contribution in [3.8, 4) is 5.88 Å². The smallest absolute Gasteiger partial charge is 0.294 e. The van der Waals surface area contributed by atoms with Crippen molar-refractivity contribution in [1.82, 2.24) is 14.6 Å². The number of ether oxygens (including phenoxy) is 1. The largest absolute Gasteiger partial charge is 0.404 e. The van der Waals surface area contributed by atoms with Gasteiger partial charge in [-0.3, -0.25) is 0 Å². The number of aryl methyl sites for hydroxylation is 1. The van der Waals surface area contributed by atoms with E-state index in [-0.39, 0.29) is 6.02 Å². The summed E-state index contributed by atoms with van der Waals surface area (Å²) in [4.78, 5) is 8.04. The number of nitrogens with zero attached hydrogens (tertiary/aromatic N) is 4. The van der Waals surface area contributed by atoms with E-state index in [1.54, 1.807) is 4.52 Å². The molecular weight excluding hydrogens is 182 g/mol. The van der Waals surface area contributed by atoms with Gasteiger partial charge in [0.1, 0.15) is 12.0 Å². The summed E-state index contributed by atoms with van der Waals surface area (Å²) < 4.78 is 6.90. The zero-order valence-corrected chi connectivity index (χ0v) is 7.43. The molecule has 0 bridgehead atoms. The lowest BCUT2D eigenvalue weighted by Gasteiger charge is -2.09. The summed E-state index contributed by atoms with van der Waals surface area (Å²) in [6.07, 6.45) is 1.43. The van der Waals surface area contributed by atoms with Gasteiger partial charge in [-0.2, -0.15) is 15.1 Å². The third kappa shape index (κ3) is 0.769. The van der Waals surface area contributed by atoms with Gasteiger partial charge in [-0.05, 0) is 13.0 Å². The Morgan fingerprint density at radius 1 is 1.50 bits per heavy atom. The molecule has 0 spiro atoms. The lowest BCUT2D eigenvalue weighted by atomic mass is 10.4. The van der Waals surface area contributed by atoms with E-state index in [1.807, 2.05) is 13.0 Å². The molecule has 3 rings (SSSR count). The molecule has 0 saturated heterocycles. The topological polar surface area (TPSA) is 77.8 Å². The average Bonchev–Trinajstić information content (AvgIpc) is 2.45. The molecule has 0 atom stereocenters. The number of hydrogen-bond acceptors (Lipinski definition) is 5. The number of aromatic nitrogens is 3. The van der Waals surface area contributed by atoms with Crippen LogP contribution in [-0.2, 0) is 0 Å². The maximum Gasteiger partial charge on any atom is 0.294 e. The highest BCUT2D eigenvalue weighted by Crippen LogP contribution is 2.32. The van der Waals surface area contributed by atoms with Gasteiger partial charge in [0.05, 0.1) is 0 Å². The normalized spacial score (nSPS) is 13.9. The van der Waals surface area contributed by atoms with Crippen LogP contribution in [0.5, 0.6) is 5.88 Å². The summed E-state index contributed by atoms with van der Waals surface area (Å²) in [6.45, 7) is 1.93. The van der Waals surface area contributed by atoms with Gasteiger partial charge in [0.15, 0.2) is 5.52 Å². The van der Waals surface area contributed by atoms with Gasteiger partial charge in [0.25, 0.3) is 11.9 Å². The lowest BCUT2D eigenvalue weighted by Crippen LogP contribution is -2.22. The second-order valence-corrected chi connectivity index (χ2v) is 3.05. The van der Waals surface area contributed by atoms with Crippen molar-refractivity contribution in [1.29, 1.82) is 0 Å². The zero-order valence-electron chi connectivity index (χ0n) is 7.43. The van der Waals surface area contributed by atoms with E-state index in [4.69, 9.17) is 10.5 Å². The highest BCUT2D eigenvalue weighted by atomic mass is 16.5. The molecule has 6 heteroatoms. The van der Waals surface area contributed by atoms with Gasteiger partial charge in [0, 0.05) is 5.69 Å². The maximum absolute atomic E-state index is 5.49. The van der Waals surface area contributed by atoms with Crippen LogP contribution < -0.4 is 10.5 Å². The first kappa shape index (κ1) is 7.31. The Kier molecular flexibility index (Phi) is 1.16. The van der Waals surface area contributed by atoms with Crippen LogP contribution in [0.1, 0.15) is 5.69 Å². The van der Waals surface area contributed by atoms with Crippen molar-refractivity contribution < 1.29 is 4.74 Å². The number of aliphatic imine (C=N–C) groups is 1. The van der Waals surface area contributed by atoms with Crippen molar-refractivity contribution in [2.24, 2.45) is 10.7 Å². The van der Waals surface area contributed by atoms with Crippen molar-refractivity contribution in [3.05, 3.63) is 18.1 Å². The second-order valence-electron chi connectivity index (χ2n) is 3.05. The molecule has 14 heavy (non-hydrogen) atoms. The van der Waals surface area contributed by atoms with Crippen LogP contribution in [0.4, 0.5) is 5.69 Å². The van der Waals surface area contributed by atoms with Crippen molar-refractivity contribution in [2.45, 2.75) is 6.92 Å². The fourth-order valence-corrected chi connectivity index (χ4v) is 1.55. The molecule has 0 radical (unpaired) electrons. The molecule has 2 aromatic rings. The summed E-state index contributed by atoms with van der Waals surface area (Å²) in [7, 11) is 0. The number of hydrogen-bond donors (Lipinski definition) is 1. The van der Waals surface area contributed by atoms with Crippen LogP contribution in [0, 0.1) is 6.92 Å². The van der Waals surface area contributed by atoms with Gasteiger partial charge in [0.2, 0.25) is 0 Å². The van der Waals surface area contributed by atoms with E-state index < -0.39 is 0 Å². The minimum absolute atomic E-state index is 0.115. The summed E-state index contributed by atoms with van der Waals surface area (Å²) in [5.74, 6) is 0.454. The number of amidine groups is 1. The lowest BCUT2D eigenvalue weighted by molar-refractivity contribution is 0.514. The molecule has 0 aromatic carbocycles. The van der Waals surface area contributed by atoms with Crippen LogP contribution in [-0.4, -0.2) is 20.6 Å². The monoisotopic (exact) mass is 189 g/mol. The van der Waals surface area contributed by atoms with Crippen molar-refractivity contribution in [3.63, 3.8) is 0 Å². The van der Waals surface area contributed by atoms with E-state index >= 15 is 0 Å². The first-order valence-electron chi connectivity index (χ1n) is 4.11. The molecule has 0 aliphatic carbocycles. The Labute approximate surface area is 79.0 Å². The molecule has 70 valence electrons. The Balaban J connectivity index is 2.51. The Morgan fingerprint density at radius 2 is 2.36 bits per heavy atom. The van der Waals surface area contributed by atoms with Crippen LogP contribution in [0.2, 0.25) is 0 Å². The second kappa shape index (κ2) is 2.22. The standard InChI is InChI=1S/C8H7N5O/c1-4-2-5-6-7(14-8(9)12-5)10-3-11-13(4)6/h2-3H,1H3,(H2,9,12). The first-order chi connectivity index (χ1) is 6.75. The summed E-state index contributed by atoms with van der Waals surface area (Å²) >= 11 is 0. The summed E-state index contributed by atoms with van der Waals surface area (Å²) in [5.41, 5.74) is 7.98. The summed E-state index contributed by atoms with van der Waals surface area (Å²) in [5, 5.41) is 4.08. The van der Waals surface area contributed by atoms with Gasteiger partial charge < -0.3 is 10.5 Å². The molecule has 2 N–H and O–H groups in total. The zero-order chi connectivity index (χ0) is 9.71. The Bertz CT molecular complexity index is 556. The fraction of sp³-hybridized carbons (Fsp3) is 0.125. The highest BCUT2D eigenvalue weighted by Gasteiger charge is 2.19. The van der Waals surface area contributed by atoms with E-state index in [2.05, 4.69) is 15.1 Å². The molecule has 3 heterocycles. The van der Waals surface area contributed by atoms with E-state index in [0.29, 0.717) is 5.88 Å². The summed E-state index contributed by atoms with van der Waals surface area (Å²) in [6, 6.07) is 2.01. The van der Waals surface area contributed by atoms with Gasteiger partial charge in [-0.25, -0.2) is 4.52 Å². The van der Waals surface area contributed by atoms with Crippen LogP contribution in [0.25, 0.3) is 5.52 Å². The van der Waals surface area contributed by atoms with Crippen molar-refractivity contribution >= 4 is 17.2 Å². The van der Waals surface area contributed by atoms with Gasteiger partial charge >= 0.3 is 0 Å². The van der Waals surface area contributed by atoms with E-state index in [9.17, 15) is 0 Å². The Morgan fingerprint density at radius 3 is 3.21 bits per heavy atom. The highest BCUT2D eigenvalue weighted by molar-refractivity contribution is 5.89. The predicted octanol–water partition coefficient (Wildman–Crippen LogP) is 0.376. The predicted molar refractivity (Wildman–Crippen MR) is 49.6 cm³/mol. The van der Waals surface area contributed by atoms with Gasteiger partial charge in [-0.15, -0.1) is 0 Å². The average molecular weight is 189 g/mol.